The second kappa shape index (κ2) is 8.06. The summed E-state index contributed by atoms with van der Waals surface area (Å²) >= 11 is 0. The van der Waals surface area contributed by atoms with Gasteiger partial charge in [0.25, 0.3) is 0 Å². The second-order valence-electron chi connectivity index (χ2n) is 9.27. The lowest BCUT2D eigenvalue weighted by atomic mass is 9.76. The molecule has 1 aromatic heterocycles. The first-order chi connectivity index (χ1) is 18.8. The van der Waals surface area contributed by atoms with Crippen LogP contribution >= 0.6 is 0 Å². The highest BCUT2D eigenvalue weighted by Gasteiger charge is 2.44. The molecule has 1 heteroatoms. The highest BCUT2D eigenvalue weighted by molar-refractivity contribution is 5.85. The van der Waals surface area contributed by atoms with Crippen molar-refractivity contribution < 1.29 is 5.48 Å². The number of pyridine rings is 1. The largest absolute Gasteiger partial charge is 0.248 e. The molecular formula is C34H27N. The van der Waals surface area contributed by atoms with E-state index >= 15 is 0 Å². The van der Waals surface area contributed by atoms with Crippen LogP contribution in [0.1, 0.15) is 42.2 Å². The van der Waals surface area contributed by atoms with Gasteiger partial charge in [-0.05, 0) is 64.3 Å². The van der Waals surface area contributed by atoms with E-state index in [1.165, 1.54) is 0 Å². The lowest BCUT2D eigenvalue weighted by molar-refractivity contribution is 0.550. The van der Waals surface area contributed by atoms with E-state index in [1.807, 2.05) is 72.8 Å². The molecule has 0 saturated heterocycles. The Bertz CT molecular complexity index is 1640. The van der Waals surface area contributed by atoms with Crippen LogP contribution in [0.4, 0.5) is 0 Å². The van der Waals surface area contributed by atoms with E-state index in [2.05, 4.69) is 42.5 Å². The minimum atomic E-state index is -1.72. The molecule has 5 aromatic rings. The second-order valence-corrected chi connectivity index (χ2v) is 9.27. The van der Waals surface area contributed by atoms with E-state index in [0.717, 1.165) is 55.9 Å². The molecule has 2 aliphatic carbocycles. The highest BCUT2D eigenvalue weighted by atomic mass is 14.7. The molecule has 0 radical (unpaired) electrons. The van der Waals surface area contributed by atoms with Crippen LogP contribution in [0, 0.1) is 0 Å². The van der Waals surface area contributed by atoms with E-state index in [-0.39, 0.29) is 12.8 Å². The van der Waals surface area contributed by atoms with Crippen LogP contribution in [0.5, 0.6) is 0 Å². The smallest absolute Gasteiger partial charge is 0.0715 e. The van der Waals surface area contributed by atoms with Gasteiger partial charge in [-0.3, -0.25) is 0 Å². The van der Waals surface area contributed by atoms with Crippen molar-refractivity contribution in [2.45, 2.75) is 31.0 Å². The third kappa shape index (κ3) is 3.26. The van der Waals surface area contributed by atoms with Crippen molar-refractivity contribution in [2.24, 2.45) is 0 Å². The molecule has 0 bridgehead atoms. The maximum absolute atomic E-state index is 9.13. The topological polar surface area (TPSA) is 12.9 Å². The predicted octanol–water partition coefficient (Wildman–Crippen LogP) is 8.92. The van der Waals surface area contributed by atoms with Gasteiger partial charge in [0.15, 0.2) is 0 Å². The van der Waals surface area contributed by atoms with Crippen LogP contribution in [0.2, 0.25) is 0 Å². The zero-order chi connectivity index (χ0) is 26.8. The Labute approximate surface area is 212 Å². The number of nitrogens with zero attached hydrogens (tertiary/aromatic N) is 1. The van der Waals surface area contributed by atoms with E-state index in [0.29, 0.717) is 0 Å². The molecule has 0 aliphatic heterocycles. The van der Waals surface area contributed by atoms with Crippen LogP contribution < -0.4 is 0 Å². The Morgan fingerprint density at radius 3 is 1.74 bits per heavy atom. The van der Waals surface area contributed by atoms with Crippen molar-refractivity contribution in [1.29, 1.82) is 0 Å². The summed E-state index contributed by atoms with van der Waals surface area (Å²) in [6, 6.07) is 38.3. The van der Waals surface area contributed by atoms with Crippen molar-refractivity contribution in [3.8, 4) is 44.8 Å². The maximum Gasteiger partial charge on any atom is 0.0715 e. The Balaban J connectivity index is 1.48. The SMILES string of the molecule is [2H]C1([2H])CCC([2H])([2H])C12c1ccccc1-c1ccc(-c3cc(-c4ccccc4)nc(-c4ccccc4)c3)cc12. The van der Waals surface area contributed by atoms with Gasteiger partial charge in [-0.25, -0.2) is 4.98 Å². The average Bonchev–Trinajstić information content (AvgIpc) is 3.39. The lowest BCUT2D eigenvalue weighted by Crippen LogP contribution is -2.20. The van der Waals surface area contributed by atoms with E-state index in [1.54, 1.807) is 0 Å². The summed E-state index contributed by atoms with van der Waals surface area (Å²) in [5.41, 5.74) is 7.64. The van der Waals surface area contributed by atoms with Gasteiger partial charge in [-0.15, -0.1) is 0 Å². The van der Waals surface area contributed by atoms with Gasteiger partial charge in [-0.1, -0.05) is 110 Å². The average molecular weight is 454 g/mol. The van der Waals surface area contributed by atoms with Crippen LogP contribution in [0.25, 0.3) is 44.8 Å². The molecule has 1 heterocycles. The van der Waals surface area contributed by atoms with Crippen molar-refractivity contribution in [1.82, 2.24) is 4.98 Å². The van der Waals surface area contributed by atoms with E-state index in [9.17, 15) is 0 Å². The molecule has 35 heavy (non-hydrogen) atoms. The fourth-order valence-corrected chi connectivity index (χ4v) is 5.61. The fraction of sp³-hybridized carbons (Fsp3) is 0.147. The van der Waals surface area contributed by atoms with Crippen molar-refractivity contribution in [3.05, 3.63) is 126 Å². The van der Waals surface area contributed by atoms with E-state index in [4.69, 9.17) is 10.5 Å². The molecule has 1 spiro atoms. The monoisotopic (exact) mass is 453 g/mol. The molecule has 0 amide bonds. The van der Waals surface area contributed by atoms with Gasteiger partial charge in [0.05, 0.1) is 11.4 Å². The zero-order valence-corrected chi connectivity index (χ0v) is 19.3. The molecule has 2 aliphatic rings. The number of hydrogen-bond donors (Lipinski definition) is 0. The van der Waals surface area contributed by atoms with Gasteiger partial charge in [0, 0.05) is 22.0 Å². The van der Waals surface area contributed by atoms with Crippen LogP contribution in [-0.4, -0.2) is 4.98 Å². The van der Waals surface area contributed by atoms with Crippen molar-refractivity contribution in [2.75, 3.05) is 0 Å². The molecule has 4 aromatic carbocycles. The third-order valence-corrected chi connectivity index (χ3v) is 7.25. The molecule has 0 N–H and O–H groups in total. The number of fused-ring (bicyclic) bond motifs is 5. The summed E-state index contributed by atoms with van der Waals surface area (Å²) in [5.74, 6) is 0. The van der Waals surface area contributed by atoms with Crippen LogP contribution in [-0.2, 0) is 5.41 Å². The van der Waals surface area contributed by atoms with Crippen LogP contribution in [0.3, 0.4) is 0 Å². The maximum atomic E-state index is 9.13. The minimum Gasteiger partial charge on any atom is -0.248 e. The van der Waals surface area contributed by atoms with Crippen molar-refractivity contribution >= 4 is 0 Å². The molecule has 168 valence electrons. The van der Waals surface area contributed by atoms with Gasteiger partial charge in [-0.2, -0.15) is 0 Å². The normalized spacial score (nSPS) is 19.8. The predicted molar refractivity (Wildman–Crippen MR) is 145 cm³/mol. The van der Waals surface area contributed by atoms with Gasteiger partial charge < -0.3 is 0 Å². The van der Waals surface area contributed by atoms with Gasteiger partial charge in [0.1, 0.15) is 0 Å². The molecule has 0 atom stereocenters. The number of benzene rings is 4. The zero-order valence-electron chi connectivity index (χ0n) is 23.3. The number of rotatable bonds is 3. The molecule has 0 unspecified atom stereocenters. The summed E-state index contributed by atoms with van der Waals surface area (Å²) in [6.45, 7) is 0. The number of hydrogen-bond acceptors (Lipinski definition) is 1. The standard InChI is InChI=1S/C34H27N/c1-3-11-24(12-4-1)32-22-27(23-33(35-32)25-13-5-2-6-14-25)26-17-18-29-28-15-7-8-16-30(28)34(31(29)21-26)19-9-10-20-34/h1-8,11-18,21-23H,9-10,19-20H2/i19D2,20D2. The molecule has 7 rings (SSSR count). The Hall–Kier alpha value is -3.97. The molecular weight excluding hydrogens is 422 g/mol. The quantitative estimate of drug-likeness (QED) is 0.266. The lowest BCUT2D eigenvalue weighted by Gasteiger charge is -2.27. The minimum absolute atomic E-state index is 0.184. The summed E-state index contributed by atoms with van der Waals surface area (Å²) in [5, 5.41) is 0. The van der Waals surface area contributed by atoms with Crippen LogP contribution in [0.15, 0.2) is 115 Å². The van der Waals surface area contributed by atoms with Gasteiger partial charge >= 0.3 is 0 Å². The molecule has 1 saturated carbocycles. The first kappa shape index (κ1) is 16.6. The molecule has 1 nitrogen and oxygen atoms in total. The summed E-state index contributed by atoms with van der Waals surface area (Å²) in [7, 11) is 0. The summed E-state index contributed by atoms with van der Waals surface area (Å²) in [4.78, 5) is 5.00. The summed E-state index contributed by atoms with van der Waals surface area (Å²) < 4.78 is 36.5. The Morgan fingerprint density at radius 2 is 1.09 bits per heavy atom. The Kier molecular flexibility index (Phi) is 3.83. The Morgan fingerprint density at radius 1 is 0.514 bits per heavy atom. The van der Waals surface area contributed by atoms with E-state index < -0.39 is 18.2 Å². The third-order valence-electron chi connectivity index (χ3n) is 7.25. The highest BCUT2D eigenvalue weighted by Crippen LogP contribution is 2.57. The molecule has 1 fully saturated rings. The first-order valence-corrected chi connectivity index (χ1v) is 12.2. The first-order valence-electron chi connectivity index (χ1n) is 14.2. The van der Waals surface area contributed by atoms with Crippen molar-refractivity contribution in [3.63, 3.8) is 0 Å². The fourth-order valence-electron chi connectivity index (χ4n) is 5.61. The number of aromatic nitrogens is 1. The van der Waals surface area contributed by atoms with Gasteiger partial charge in [0.2, 0.25) is 0 Å². The summed E-state index contributed by atoms with van der Waals surface area (Å²) in [6.07, 6.45) is -3.08.